The minimum atomic E-state index is -4.42. The number of nitrogens with zero attached hydrogens (tertiary/aromatic N) is 1. The van der Waals surface area contributed by atoms with Crippen molar-refractivity contribution >= 4 is 22.6 Å². The van der Waals surface area contributed by atoms with Crippen molar-refractivity contribution in [1.82, 2.24) is 4.98 Å². The predicted octanol–water partition coefficient (Wildman–Crippen LogP) is 7.06. The summed E-state index contributed by atoms with van der Waals surface area (Å²) in [6.45, 7) is 0. The molecule has 0 saturated heterocycles. The molecule has 0 atom stereocenters. The Morgan fingerprint density at radius 1 is 0.630 bits per heavy atom. The van der Waals surface area contributed by atoms with E-state index < -0.39 is 23.5 Å². The number of benzene rings is 2. The van der Waals surface area contributed by atoms with Gasteiger partial charge in [0.2, 0.25) is 0 Å². The van der Waals surface area contributed by atoms with Crippen LogP contribution in [-0.4, -0.2) is 4.98 Å². The van der Waals surface area contributed by atoms with E-state index in [1.54, 1.807) is 6.07 Å². The van der Waals surface area contributed by atoms with Crippen LogP contribution in [0.4, 0.5) is 26.3 Å². The molecule has 0 saturated carbocycles. The lowest BCUT2D eigenvalue weighted by Crippen LogP contribution is -2.04. The van der Waals surface area contributed by atoms with Gasteiger partial charge in [0.05, 0.1) is 11.1 Å². The molecule has 0 unspecified atom stereocenters. The van der Waals surface area contributed by atoms with Gasteiger partial charge in [-0.15, -0.1) is 0 Å². The van der Waals surface area contributed by atoms with E-state index in [2.05, 4.69) is 4.98 Å². The fourth-order valence-electron chi connectivity index (χ4n) is 2.50. The van der Waals surface area contributed by atoms with Crippen molar-refractivity contribution < 1.29 is 26.3 Å². The van der Waals surface area contributed by atoms with E-state index in [0.717, 1.165) is 24.3 Å². The normalized spacial score (nSPS) is 12.3. The van der Waals surface area contributed by atoms with Crippen molar-refractivity contribution in [2.45, 2.75) is 12.4 Å². The Morgan fingerprint density at radius 3 is 1.52 bits per heavy atom. The second-order valence-corrected chi connectivity index (χ2v) is 6.73. The van der Waals surface area contributed by atoms with Crippen molar-refractivity contribution in [3.8, 4) is 22.3 Å². The summed E-state index contributed by atoms with van der Waals surface area (Å²) in [5, 5.41) is 0. The number of alkyl halides is 6. The Bertz CT molecular complexity index is 944. The van der Waals surface area contributed by atoms with Gasteiger partial charge in [-0.2, -0.15) is 26.3 Å². The monoisotopic (exact) mass is 493 g/mol. The van der Waals surface area contributed by atoms with Gasteiger partial charge in [-0.3, -0.25) is 0 Å². The van der Waals surface area contributed by atoms with Crippen molar-refractivity contribution in [2.24, 2.45) is 0 Å². The molecule has 3 aromatic rings. The zero-order valence-corrected chi connectivity index (χ0v) is 15.5. The highest BCUT2D eigenvalue weighted by Gasteiger charge is 2.30. The van der Waals surface area contributed by atoms with Crippen molar-refractivity contribution in [1.29, 1.82) is 0 Å². The topological polar surface area (TPSA) is 12.9 Å². The quantitative estimate of drug-likeness (QED) is 0.212. The molecule has 1 nitrogen and oxygen atoms in total. The summed E-state index contributed by atoms with van der Waals surface area (Å²) < 4.78 is 76.8. The SMILES string of the molecule is FC(F)(F)c1ccc(-c2cnc(I)c(-c3ccc(C(F)(F)F)cc3)c2)cc1. The molecular formula is C19H10F6IN. The summed E-state index contributed by atoms with van der Waals surface area (Å²) in [7, 11) is 0. The second kappa shape index (κ2) is 7.14. The molecule has 0 aliphatic carbocycles. The smallest absolute Gasteiger partial charge is 0.249 e. The van der Waals surface area contributed by atoms with Gasteiger partial charge in [-0.1, -0.05) is 24.3 Å². The summed E-state index contributed by atoms with van der Waals surface area (Å²) in [5.74, 6) is 0. The van der Waals surface area contributed by atoms with Crippen LogP contribution in [0.5, 0.6) is 0 Å². The number of halogens is 7. The van der Waals surface area contributed by atoms with Crippen LogP contribution in [0.25, 0.3) is 22.3 Å². The molecule has 0 fully saturated rings. The largest absolute Gasteiger partial charge is 0.416 e. The second-order valence-electron chi connectivity index (χ2n) is 5.71. The molecule has 8 heteroatoms. The third-order valence-corrected chi connectivity index (χ3v) is 4.77. The predicted molar refractivity (Wildman–Crippen MR) is 97.8 cm³/mol. The lowest BCUT2D eigenvalue weighted by molar-refractivity contribution is -0.138. The van der Waals surface area contributed by atoms with Crippen molar-refractivity contribution in [2.75, 3.05) is 0 Å². The Kier molecular flexibility index (Phi) is 5.20. The molecule has 140 valence electrons. The van der Waals surface area contributed by atoms with E-state index >= 15 is 0 Å². The Balaban J connectivity index is 1.97. The minimum absolute atomic E-state index is 0.528. The first-order valence-electron chi connectivity index (χ1n) is 7.56. The third kappa shape index (κ3) is 4.42. The summed E-state index contributed by atoms with van der Waals surface area (Å²) in [6, 6.07) is 11.0. The third-order valence-electron chi connectivity index (χ3n) is 3.91. The van der Waals surface area contributed by atoms with E-state index in [1.165, 1.54) is 30.5 Å². The van der Waals surface area contributed by atoms with E-state index in [0.29, 0.717) is 26.0 Å². The van der Waals surface area contributed by atoms with E-state index in [9.17, 15) is 26.3 Å². The average Bonchev–Trinajstić information content (AvgIpc) is 2.61. The zero-order valence-electron chi connectivity index (χ0n) is 13.4. The summed E-state index contributed by atoms with van der Waals surface area (Å²) in [4.78, 5) is 4.22. The first-order chi connectivity index (χ1) is 12.6. The molecule has 0 aliphatic rings. The van der Waals surface area contributed by atoms with Crippen LogP contribution in [0, 0.1) is 3.70 Å². The Hall–Kier alpha value is -2.10. The Morgan fingerprint density at radius 2 is 1.07 bits per heavy atom. The first-order valence-corrected chi connectivity index (χ1v) is 8.64. The molecule has 1 aromatic heterocycles. The molecule has 27 heavy (non-hydrogen) atoms. The molecule has 0 aliphatic heterocycles. The van der Waals surface area contributed by atoms with Crippen LogP contribution < -0.4 is 0 Å². The summed E-state index contributed by atoms with van der Waals surface area (Å²) in [6.07, 6.45) is -7.34. The van der Waals surface area contributed by atoms with Crippen LogP contribution in [0.2, 0.25) is 0 Å². The molecule has 3 rings (SSSR count). The number of aromatic nitrogens is 1. The van der Waals surface area contributed by atoms with Crippen molar-refractivity contribution in [3.05, 3.63) is 75.6 Å². The van der Waals surface area contributed by atoms with E-state index in [1.807, 2.05) is 22.6 Å². The van der Waals surface area contributed by atoms with Crippen LogP contribution >= 0.6 is 22.6 Å². The average molecular weight is 493 g/mol. The molecule has 0 N–H and O–H groups in total. The number of rotatable bonds is 2. The van der Waals surface area contributed by atoms with Gasteiger partial charge in [0.25, 0.3) is 0 Å². The van der Waals surface area contributed by atoms with Gasteiger partial charge >= 0.3 is 12.4 Å². The first kappa shape index (κ1) is 19.7. The molecule has 0 radical (unpaired) electrons. The molecule has 0 spiro atoms. The van der Waals surface area contributed by atoms with E-state index in [4.69, 9.17) is 0 Å². The summed E-state index contributed by atoms with van der Waals surface area (Å²) >= 11 is 1.96. The maximum atomic E-state index is 12.7. The summed E-state index contributed by atoms with van der Waals surface area (Å²) in [5.41, 5.74) is 0.718. The van der Waals surface area contributed by atoms with Crippen LogP contribution in [0.3, 0.4) is 0 Å². The maximum absolute atomic E-state index is 12.7. The molecule has 1 heterocycles. The van der Waals surface area contributed by atoms with Gasteiger partial charge in [0, 0.05) is 17.3 Å². The van der Waals surface area contributed by atoms with Gasteiger partial charge in [0.1, 0.15) is 3.70 Å². The zero-order chi connectivity index (χ0) is 19.8. The van der Waals surface area contributed by atoms with Crippen LogP contribution in [0.1, 0.15) is 11.1 Å². The van der Waals surface area contributed by atoms with Gasteiger partial charge < -0.3 is 0 Å². The molecule has 2 aromatic carbocycles. The lowest BCUT2D eigenvalue weighted by atomic mass is 10.0. The molecular weight excluding hydrogens is 483 g/mol. The maximum Gasteiger partial charge on any atom is 0.416 e. The minimum Gasteiger partial charge on any atom is -0.249 e. The number of pyridine rings is 1. The number of hydrogen-bond acceptors (Lipinski definition) is 1. The van der Waals surface area contributed by atoms with Crippen molar-refractivity contribution in [3.63, 3.8) is 0 Å². The number of hydrogen-bond donors (Lipinski definition) is 0. The van der Waals surface area contributed by atoms with E-state index in [-0.39, 0.29) is 0 Å². The van der Waals surface area contributed by atoms with Gasteiger partial charge in [-0.05, 0) is 64.0 Å². The molecule has 0 amide bonds. The van der Waals surface area contributed by atoms with Gasteiger partial charge in [-0.25, -0.2) is 4.98 Å². The highest BCUT2D eigenvalue weighted by molar-refractivity contribution is 14.1. The Labute approximate surface area is 164 Å². The fourth-order valence-corrected chi connectivity index (χ4v) is 3.11. The highest BCUT2D eigenvalue weighted by Crippen LogP contribution is 2.34. The fraction of sp³-hybridized carbons (Fsp3) is 0.105. The van der Waals surface area contributed by atoms with Crippen LogP contribution in [0.15, 0.2) is 60.8 Å². The molecule has 0 bridgehead atoms. The van der Waals surface area contributed by atoms with Crippen LogP contribution in [-0.2, 0) is 12.4 Å². The van der Waals surface area contributed by atoms with Gasteiger partial charge in [0.15, 0.2) is 0 Å². The highest BCUT2D eigenvalue weighted by atomic mass is 127. The standard InChI is InChI=1S/C19H10F6IN/c20-18(21,22)14-5-1-11(2-6-14)13-9-16(17(26)27-10-13)12-3-7-15(8-4-12)19(23,24)25/h1-10H. The lowest BCUT2D eigenvalue weighted by Gasteiger charge is -2.11.